The van der Waals surface area contributed by atoms with Gasteiger partial charge in [0, 0.05) is 23.9 Å². The Morgan fingerprint density at radius 1 is 1.55 bits per heavy atom. The summed E-state index contributed by atoms with van der Waals surface area (Å²) in [6, 6.07) is 0. The fourth-order valence-corrected chi connectivity index (χ4v) is 1.15. The minimum Gasteiger partial charge on any atom is -0.292 e. The zero-order valence-electron chi connectivity index (χ0n) is 5.87. The number of nitrogens with one attached hydrogen (secondary N) is 1. The number of fused-ring (bicyclic) bond motifs is 1. The van der Waals surface area contributed by atoms with Gasteiger partial charge in [0.25, 0.3) is 5.56 Å². The highest BCUT2D eigenvalue weighted by atomic mass is 16.1. The van der Waals surface area contributed by atoms with Crippen LogP contribution in [0.15, 0.2) is 16.0 Å². The zero-order chi connectivity index (χ0) is 7.68. The fraction of sp³-hybridized carbons (Fsp3) is 0.286. The number of aliphatic imine (C=N–C) groups is 1. The molecule has 0 aliphatic carbocycles. The lowest BCUT2D eigenvalue weighted by Gasteiger charge is -2.05. The summed E-state index contributed by atoms with van der Waals surface area (Å²) in [7, 11) is 0. The van der Waals surface area contributed by atoms with E-state index in [0.29, 0.717) is 6.54 Å². The van der Waals surface area contributed by atoms with E-state index in [1.807, 2.05) is 0 Å². The van der Waals surface area contributed by atoms with Crippen molar-refractivity contribution in [3.05, 3.63) is 27.7 Å². The first-order valence-corrected chi connectivity index (χ1v) is 3.44. The van der Waals surface area contributed by atoms with Crippen molar-refractivity contribution < 1.29 is 0 Å². The Morgan fingerprint density at radius 3 is 3.27 bits per heavy atom. The molecule has 0 radical (unpaired) electrons. The first kappa shape index (κ1) is 6.27. The van der Waals surface area contributed by atoms with Gasteiger partial charge in [-0.3, -0.25) is 9.79 Å². The van der Waals surface area contributed by atoms with E-state index in [4.69, 9.17) is 0 Å². The van der Waals surface area contributed by atoms with Crippen LogP contribution in [-0.4, -0.2) is 23.0 Å². The van der Waals surface area contributed by atoms with Gasteiger partial charge in [-0.15, -0.1) is 0 Å². The predicted molar refractivity (Wildman–Crippen MR) is 41.0 cm³/mol. The molecule has 0 saturated carbocycles. The lowest BCUT2D eigenvalue weighted by atomic mass is 10.1. The van der Waals surface area contributed by atoms with Crippen molar-refractivity contribution in [3.63, 3.8) is 0 Å². The van der Waals surface area contributed by atoms with Gasteiger partial charge in [-0.25, -0.2) is 5.10 Å². The summed E-state index contributed by atoms with van der Waals surface area (Å²) in [5.74, 6) is 0. The van der Waals surface area contributed by atoms with E-state index in [1.54, 1.807) is 12.4 Å². The molecule has 2 heterocycles. The van der Waals surface area contributed by atoms with Gasteiger partial charge in [0.05, 0.1) is 6.20 Å². The summed E-state index contributed by atoms with van der Waals surface area (Å²) in [5, 5.41) is 6.06. The Kier molecular flexibility index (Phi) is 1.31. The number of H-pyrrole nitrogens is 1. The molecule has 56 valence electrons. The Labute approximate surface area is 63.0 Å². The monoisotopic (exact) mass is 149 g/mol. The van der Waals surface area contributed by atoms with Crippen LogP contribution in [0.2, 0.25) is 0 Å². The molecule has 4 nitrogen and oxygen atoms in total. The second-order valence-electron chi connectivity index (χ2n) is 2.42. The van der Waals surface area contributed by atoms with Crippen LogP contribution < -0.4 is 5.56 Å². The maximum atomic E-state index is 11.1. The smallest absolute Gasteiger partial charge is 0.268 e. The maximum absolute atomic E-state index is 11.1. The second kappa shape index (κ2) is 2.30. The van der Waals surface area contributed by atoms with Crippen molar-refractivity contribution in [2.45, 2.75) is 6.42 Å². The van der Waals surface area contributed by atoms with Crippen LogP contribution in [0.1, 0.15) is 11.1 Å². The molecule has 0 saturated heterocycles. The van der Waals surface area contributed by atoms with E-state index >= 15 is 0 Å². The van der Waals surface area contributed by atoms with Gasteiger partial charge in [0.1, 0.15) is 0 Å². The van der Waals surface area contributed by atoms with Crippen molar-refractivity contribution in [2.75, 3.05) is 6.54 Å². The van der Waals surface area contributed by atoms with Gasteiger partial charge in [0.2, 0.25) is 0 Å². The van der Waals surface area contributed by atoms with Crippen LogP contribution in [-0.2, 0) is 6.42 Å². The summed E-state index contributed by atoms with van der Waals surface area (Å²) < 4.78 is 0. The zero-order valence-corrected chi connectivity index (χ0v) is 5.87. The summed E-state index contributed by atoms with van der Waals surface area (Å²) in [4.78, 5) is 15.1. The molecule has 2 rings (SSSR count). The van der Waals surface area contributed by atoms with Crippen LogP contribution in [0, 0.1) is 0 Å². The Bertz CT molecular complexity index is 353. The summed E-state index contributed by atoms with van der Waals surface area (Å²) in [5.41, 5.74) is 1.56. The fourth-order valence-electron chi connectivity index (χ4n) is 1.15. The number of nitrogens with zero attached hydrogens (tertiary/aromatic N) is 2. The summed E-state index contributed by atoms with van der Waals surface area (Å²) >= 11 is 0. The van der Waals surface area contributed by atoms with E-state index in [9.17, 15) is 4.79 Å². The quantitative estimate of drug-likeness (QED) is 0.552. The largest absolute Gasteiger partial charge is 0.292 e. The number of aromatic nitrogens is 2. The number of hydrogen-bond acceptors (Lipinski definition) is 3. The Balaban J connectivity index is 2.69. The van der Waals surface area contributed by atoms with Gasteiger partial charge >= 0.3 is 0 Å². The molecule has 0 unspecified atom stereocenters. The van der Waals surface area contributed by atoms with Crippen LogP contribution >= 0.6 is 0 Å². The third kappa shape index (κ3) is 0.960. The molecule has 1 aliphatic heterocycles. The molecule has 1 aromatic heterocycles. The second-order valence-corrected chi connectivity index (χ2v) is 2.42. The minimum absolute atomic E-state index is 0.0892. The number of hydrogen-bond donors (Lipinski definition) is 1. The van der Waals surface area contributed by atoms with Crippen molar-refractivity contribution in [3.8, 4) is 0 Å². The minimum atomic E-state index is -0.0892. The Hall–Kier alpha value is -1.45. The van der Waals surface area contributed by atoms with Gasteiger partial charge in [0.15, 0.2) is 0 Å². The molecule has 0 bridgehead atoms. The molecule has 1 N–H and O–H groups in total. The first-order chi connectivity index (χ1) is 5.38. The van der Waals surface area contributed by atoms with E-state index in [-0.39, 0.29) is 5.56 Å². The lowest BCUT2D eigenvalue weighted by molar-refractivity contribution is 0.879. The average molecular weight is 149 g/mol. The van der Waals surface area contributed by atoms with Crippen LogP contribution in [0.25, 0.3) is 0 Å². The van der Waals surface area contributed by atoms with E-state index < -0.39 is 0 Å². The van der Waals surface area contributed by atoms with Crippen LogP contribution in [0.3, 0.4) is 0 Å². The standard InChI is InChI=1S/C7H7N3O/c11-7-6-1-2-8-3-5(6)4-9-10-7/h3-4H,1-2H2,(H,10,11). The third-order valence-corrected chi connectivity index (χ3v) is 1.71. The normalized spacial score (nSPS) is 14.5. The van der Waals surface area contributed by atoms with Crippen molar-refractivity contribution >= 4 is 6.21 Å². The molecule has 0 fully saturated rings. The summed E-state index contributed by atoms with van der Waals surface area (Å²) in [6.45, 7) is 0.708. The van der Waals surface area contributed by atoms with Crippen molar-refractivity contribution in [1.29, 1.82) is 0 Å². The van der Waals surface area contributed by atoms with Crippen molar-refractivity contribution in [1.82, 2.24) is 10.2 Å². The molecule has 0 aromatic carbocycles. The molecular formula is C7H7N3O. The van der Waals surface area contributed by atoms with Gasteiger partial charge in [-0.1, -0.05) is 0 Å². The van der Waals surface area contributed by atoms with Crippen molar-refractivity contribution in [2.24, 2.45) is 4.99 Å². The highest BCUT2D eigenvalue weighted by molar-refractivity contribution is 5.81. The van der Waals surface area contributed by atoms with E-state index in [2.05, 4.69) is 15.2 Å². The van der Waals surface area contributed by atoms with Gasteiger partial charge < -0.3 is 0 Å². The maximum Gasteiger partial charge on any atom is 0.268 e. The molecule has 0 atom stereocenters. The molecule has 1 aromatic rings. The van der Waals surface area contributed by atoms with Gasteiger partial charge in [-0.05, 0) is 6.42 Å². The topological polar surface area (TPSA) is 58.1 Å². The SMILES string of the molecule is O=c1[nH]ncc2c1CCN=C2. The first-order valence-electron chi connectivity index (χ1n) is 3.44. The predicted octanol–water partition coefficient (Wildman–Crippen LogP) is -0.255. The molecule has 1 aliphatic rings. The number of rotatable bonds is 0. The van der Waals surface area contributed by atoms with Crippen LogP contribution in [0.5, 0.6) is 0 Å². The summed E-state index contributed by atoms with van der Waals surface area (Å²) in [6.07, 6.45) is 4.05. The number of aromatic amines is 1. The molecule has 0 amide bonds. The highest BCUT2D eigenvalue weighted by Gasteiger charge is 2.08. The van der Waals surface area contributed by atoms with E-state index in [0.717, 1.165) is 17.5 Å². The van der Waals surface area contributed by atoms with Crippen LogP contribution in [0.4, 0.5) is 0 Å². The lowest BCUT2D eigenvalue weighted by Crippen LogP contribution is -2.19. The molecule has 11 heavy (non-hydrogen) atoms. The van der Waals surface area contributed by atoms with Gasteiger partial charge in [-0.2, -0.15) is 5.10 Å². The Morgan fingerprint density at radius 2 is 2.45 bits per heavy atom. The van der Waals surface area contributed by atoms with E-state index in [1.165, 1.54) is 0 Å². The molecule has 4 heteroatoms. The average Bonchev–Trinajstić information content (AvgIpc) is 2.06. The molecule has 0 spiro atoms. The molecular weight excluding hydrogens is 142 g/mol. The third-order valence-electron chi connectivity index (χ3n) is 1.71. The highest BCUT2D eigenvalue weighted by Crippen LogP contribution is 2.03.